The fourth-order valence-electron chi connectivity index (χ4n) is 2.51. The largest absolute Gasteiger partial charge is 0.481 e. The van der Waals surface area contributed by atoms with Crippen molar-refractivity contribution in [2.45, 2.75) is 44.8 Å². The normalized spacial score (nSPS) is 19.0. The zero-order valence-corrected chi connectivity index (χ0v) is 13.1. The molecule has 1 unspecified atom stereocenters. The topological polar surface area (TPSA) is 71.2 Å². The molecule has 7 heteroatoms. The van der Waals surface area contributed by atoms with Crippen LogP contribution in [0, 0.1) is 5.92 Å². The Morgan fingerprint density at radius 1 is 1.50 bits per heavy atom. The van der Waals surface area contributed by atoms with E-state index in [4.69, 9.17) is 5.11 Å². The summed E-state index contributed by atoms with van der Waals surface area (Å²) in [5, 5.41) is 18.0. The van der Waals surface area contributed by atoms with Crippen LogP contribution in [-0.2, 0) is 4.79 Å². The number of hydrogen-bond donors (Lipinski definition) is 1. The Morgan fingerprint density at radius 2 is 2.25 bits per heavy atom. The van der Waals surface area contributed by atoms with Crippen LogP contribution in [0.2, 0.25) is 0 Å². The molecular formula is C13H22N4O2S. The van der Waals surface area contributed by atoms with Crippen LogP contribution in [0.5, 0.6) is 0 Å². The molecule has 1 atom stereocenters. The number of aliphatic carboxylic acids is 1. The van der Waals surface area contributed by atoms with Crippen molar-refractivity contribution < 1.29 is 9.90 Å². The lowest BCUT2D eigenvalue weighted by atomic mass is 10.1. The van der Waals surface area contributed by atoms with Gasteiger partial charge in [-0.15, -0.1) is 10.2 Å². The van der Waals surface area contributed by atoms with Gasteiger partial charge in [0.15, 0.2) is 5.16 Å². The predicted molar refractivity (Wildman–Crippen MR) is 79.4 cm³/mol. The van der Waals surface area contributed by atoms with E-state index in [9.17, 15) is 4.79 Å². The lowest BCUT2D eigenvalue weighted by molar-refractivity contribution is -0.133. The average molecular weight is 298 g/mol. The van der Waals surface area contributed by atoms with Crippen LogP contribution < -0.4 is 4.90 Å². The highest BCUT2D eigenvalue weighted by molar-refractivity contribution is 7.99. The van der Waals surface area contributed by atoms with Crippen molar-refractivity contribution in [1.29, 1.82) is 0 Å². The quantitative estimate of drug-likeness (QED) is 0.812. The second kappa shape index (κ2) is 6.47. The van der Waals surface area contributed by atoms with E-state index < -0.39 is 5.97 Å². The van der Waals surface area contributed by atoms with Crippen molar-refractivity contribution in [1.82, 2.24) is 14.8 Å². The molecule has 2 rings (SSSR count). The summed E-state index contributed by atoms with van der Waals surface area (Å²) in [6.07, 6.45) is 2.38. The van der Waals surface area contributed by atoms with Gasteiger partial charge in [-0.2, -0.15) is 0 Å². The van der Waals surface area contributed by atoms with Gasteiger partial charge in [-0.25, -0.2) is 0 Å². The molecule has 0 saturated carbocycles. The van der Waals surface area contributed by atoms with Crippen LogP contribution in [0.4, 0.5) is 5.95 Å². The van der Waals surface area contributed by atoms with Gasteiger partial charge in [0, 0.05) is 19.1 Å². The molecule has 1 saturated heterocycles. The minimum atomic E-state index is -0.831. The van der Waals surface area contributed by atoms with Crippen molar-refractivity contribution in [2.24, 2.45) is 5.92 Å². The van der Waals surface area contributed by atoms with Crippen LogP contribution in [0.15, 0.2) is 5.16 Å². The van der Waals surface area contributed by atoms with Gasteiger partial charge in [-0.3, -0.25) is 9.36 Å². The molecule has 0 bridgehead atoms. The van der Waals surface area contributed by atoms with Crippen molar-refractivity contribution >= 4 is 23.7 Å². The van der Waals surface area contributed by atoms with Crippen LogP contribution >= 0.6 is 11.8 Å². The van der Waals surface area contributed by atoms with Gasteiger partial charge in [0.1, 0.15) is 0 Å². The lowest BCUT2D eigenvalue weighted by Crippen LogP contribution is -2.24. The van der Waals surface area contributed by atoms with E-state index in [1.807, 2.05) is 4.57 Å². The molecule has 1 aromatic rings. The minimum Gasteiger partial charge on any atom is -0.481 e. The minimum absolute atomic E-state index is 0.0163. The van der Waals surface area contributed by atoms with E-state index in [2.05, 4.69) is 35.9 Å². The monoisotopic (exact) mass is 298 g/mol. The van der Waals surface area contributed by atoms with Gasteiger partial charge in [0.25, 0.3) is 0 Å². The highest BCUT2D eigenvalue weighted by atomic mass is 32.2. The summed E-state index contributed by atoms with van der Waals surface area (Å²) in [5.74, 6) is 0.788. The molecule has 0 amide bonds. The maximum Gasteiger partial charge on any atom is 0.313 e. The molecule has 20 heavy (non-hydrogen) atoms. The fraction of sp³-hybridized carbons (Fsp3) is 0.769. The summed E-state index contributed by atoms with van der Waals surface area (Å²) in [6.45, 7) is 8.39. The molecule has 1 aliphatic heterocycles. The number of carboxylic acids is 1. The van der Waals surface area contributed by atoms with E-state index in [0.717, 1.165) is 25.0 Å². The molecule has 112 valence electrons. The molecule has 0 spiro atoms. The third-order valence-corrected chi connectivity index (χ3v) is 4.56. The zero-order chi connectivity index (χ0) is 14.7. The zero-order valence-electron chi connectivity index (χ0n) is 12.2. The molecule has 1 aromatic heterocycles. The van der Waals surface area contributed by atoms with Crippen molar-refractivity contribution in [3.05, 3.63) is 0 Å². The first-order valence-corrected chi connectivity index (χ1v) is 8.05. The first-order chi connectivity index (χ1) is 9.52. The van der Waals surface area contributed by atoms with Gasteiger partial charge in [-0.05, 0) is 26.2 Å². The first-order valence-electron chi connectivity index (χ1n) is 7.07. The number of hydrogen-bond acceptors (Lipinski definition) is 5. The van der Waals surface area contributed by atoms with E-state index in [1.165, 1.54) is 24.6 Å². The van der Waals surface area contributed by atoms with E-state index in [0.29, 0.717) is 5.16 Å². The summed E-state index contributed by atoms with van der Waals surface area (Å²) in [5.41, 5.74) is 0. The summed E-state index contributed by atoms with van der Waals surface area (Å²) >= 11 is 1.23. The van der Waals surface area contributed by atoms with Gasteiger partial charge < -0.3 is 10.0 Å². The van der Waals surface area contributed by atoms with Crippen LogP contribution in [0.3, 0.4) is 0 Å². The summed E-state index contributed by atoms with van der Waals surface area (Å²) in [7, 11) is 0. The fourth-order valence-corrected chi connectivity index (χ4v) is 3.29. The standard InChI is InChI=1S/C13H22N4O2S/c1-4-10-5-6-16(7-10)12-14-15-13(17(12)9(2)3)20-8-11(18)19/h9-10H,4-8H2,1-3H3,(H,18,19). The molecule has 1 fully saturated rings. The highest BCUT2D eigenvalue weighted by Gasteiger charge is 2.27. The maximum atomic E-state index is 10.7. The Bertz CT molecular complexity index is 475. The molecule has 1 aliphatic rings. The third kappa shape index (κ3) is 3.26. The van der Waals surface area contributed by atoms with E-state index in [1.54, 1.807) is 0 Å². The van der Waals surface area contributed by atoms with E-state index in [-0.39, 0.29) is 11.8 Å². The number of carboxylic acid groups (broad SMARTS) is 1. The van der Waals surface area contributed by atoms with Crippen LogP contribution in [-0.4, -0.2) is 44.7 Å². The summed E-state index contributed by atoms with van der Waals surface area (Å²) < 4.78 is 2.05. The van der Waals surface area contributed by atoms with Gasteiger partial charge >= 0.3 is 5.97 Å². The number of nitrogens with zero attached hydrogens (tertiary/aromatic N) is 4. The second-order valence-corrected chi connectivity index (χ2v) is 6.38. The van der Waals surface area contributed by atoms with Gasteiger partial charge in [0.05, 0.1) is 5.75 Å². The molecule has 6 nitrogen and oxygen atoms in total. The number of anilines is 1. The Labute approximate surface area is 123 Å². The average Bonchev–Trinajstić information content (AvgIpc) is 3.02. The summed E-state index contributed by atoms with van der Waals surface area (Å²) in [6, 6.07) is 0.219. The second-order valence-electron chi connectivity index (χ2n) is 5.44. The number of rotatable bonds is 6. The van der Waals surface area contributed by atoms with Crippen molar-refractivity contribution in [3.63, 3.8) is 0 Å². The van der Waals surface area contributed by atoms with Crippen LogP contribution in [0.1, 0.15) is 39.7 Å². The number of thioether (sulfide) groups is 1. The molecule has 2 heterocycles. The molecule has 1 N–H and O–H groups in total. The highest BCUT2D eigenvalue weighted by Crippen LogP contribution is 2.30. The van der Waals surface area contributed by atoms with Gasteiger partial charge in [-0.1, -0.05) is 25.1 Å². The Morgan fingerprint density at radius 3 is 2.80 bits per heavy atom. The molecule has 0 radical (unpaired) electrons. The van der Waals surface area contributed by atoms with E-state index >= 15 is 0 Å². The number of aromatic nitrogens is 3. The smallest absolute Gasteiger partial charge is 0.313 e. The van der Waals surface area contributed by atoms with Crippen molar-refractivity contribution in [2.75, 3.05) is 23.7 Å². The lowest BCUT2D eigenvalue weighted by Gasteiger charge is -2.21. The maximum absolute atomic E-state index is 10.7. The SMILES string of the molecule is CCC1CCN(c2nnc(SCC(=O)O)n2C(C)C)C1. The Hall–Kier alpha value is -1.24. The molecule has 0 aliphatic carbocycles. The van der Waals surface area contributed by atoms with Crippen LogP contribution in [0.25, 0.3) is 0 Å². The van der Waals surface area contributed by atoms with Crippen molar-refractivity contribution in [3.8, 4) is 0 Å². The third-order valence-electron chi connectivity index (χ3n) is 3.63. The molecular weight excluding hydrogens is 276 g/mol. The Balaban J connectivity index is 2.18. The Kier molecular flexibility index (Phi) is 4.91. The van der Waals surface area contributed by atoms with Gasteiger partial charge in [0.2, 0.25) is 5.95 Å². The summed E-state index contributed by atoms with van der Waals surface area (Å²) in [4.78, 5) is 13.0. The predicted octanol–water partition coefficient (Wildman–Crippen LogP) is 2.27. The molecule has 0 aromatic carbocycles. The first kappa shape index (κ1) is 15.2. The number of carbonyl (C=O) groups is 1.